The Morgan fingerprint density at radius 3 is 1.79 bits per heavy atom. The number of amides is 2. The number of nitrogens with one attached hydrogen (secondary N) is 2. The molecule has 2 aromatic heterocycles. The second-order valence-electron chi connectivity index (χ2n) is 9.67. The number of anilines is 2. The predicted octanol–water partition coefficient (Wildman–Crippen LogP) is 6.05. The van der Waals surface area contributed by atoms with Crippen molar-refractivity contribution >= 4 is 50.4 Å². The number of rotatable bonds is 8. The lowest BCUT2D eigenvalue weighted by atomic mass is 9.82. The fraction of sp³-hybridized carbons (Fsp3) is 0.321. The van der Waals surface area contributed by atoms with Gasteiger partial charge in [0.15, 0.2) is 5.69 Å². The summed E-state index contributed by atoms with van der Waals surface area (Å²) in [4.78, 5) is 28.3. The summed E-state index contributed by atoms with van der Waals surface area (Å²) in [5, 5.41) is 25.7. The van der Waals surface area contributed by atoms with E-state index < -0.39 is 0 Å². The molecule has 11 heteroatoms. The van der Waals surface area contributed by atoms with Gasteiger partial charge in [0.25, 0.3) is 0 Å². The number of carbonyl (C=O) groups is 2. The van der Waals surface area contributed by atoms with Crippen molar-refractivity contribution in [1.82, 2.24) is 20.4 Å². The van der Waals surface area contributed by atoms with E-state index in [4.69, 9.17) is 6.57 Å². The van der Waals surface area contributed by atoms with Gasteiger partial charge in [-0.05, 0) is 37.3 Å². The highest BCUT2D eigenvalue weighted by Crippen LogP contribution is 2.43. The summed E-state index contributed by atoms with van der Waals surface area (Å²) in [5.41, 5.74) is 3.50. The number of carbonyl (C=O) groups excluding carboxylic acids is 2. The van der Waals surface area contributed by atoms with Gasteiger partial charge in [0.2, 0.25) is 22.1 Å². The van der Waals surface area contributed by atoms with E-state index in [9.17, 15) is 9.59 Å². The highest BCUT2D eigenvalue weighted by molar-refractivity contribution is 7.15. The van der Waals surface area contributed by atoms with Gasteiger partial charge in [-0.3, -0.25) is 9.59 Å². The topological polar surface area (TPSA) is 114 Å². The third-order valence-corrected chi connectivity index (χ3v) is 8.66. The molecule has 1 aliphatic rings. The summed E-state index contributed by atoms with van der Waals surface area (Å²) in [5.74, 6) is 0.202. The maximum atomic E-state index is 12.5. The van der Waals surface area contributed by atoms with Crippen LogP contribution >= 0.6 is 22.7 Å². The van der Waals surface area contributed by atoms with Crippen LogP contribution in [0.2, 0.25) is 0 Å². The quantitative estimate of drug-likeness (QED) is 0.255. The first-order chi connectivity index (χ1) is 18.9. The van der Waals surface area contributed by atoms with E-state index in [0.717, 1.165) is 52.4 Å². The molecule has 2 amide bonds. The third kappa shape index (κ3) is 7.10. The molecule has 39 heavy (non-hydrogen) atoms. The fourth-order valence-corrected chi connectivity index (χ4v) is 6.44. The molecule has 198 valence electrons. The molecular weight excluding hydrogens is 530 g/mol. The Kier molecular flexibility index (Phi) is 8.34. The Hall–Kier alpha value is -4.01. The number of hydrogen-bond donors (Lipinski definition) is 2. The van der Waals surface area contributed by atoms with Crippen LogP contribution in [0.15, 0.2) is 48.5 Å². The smallest absolute Gasteiger partial charge is 0.230 e. The van der Waals surface area contributed by atoms with Crippen molar-refractivity contribution in [1.29, 1.82) is 0 Å². The Bertz CT molecular complexity index is 1490. The minimum Gasteiger partial charge on any atom is -0.300 e. The van der Waals surface area contributed by atoms with Gasteiger partial charge in [-0.1, -0.05) is 83.2 Å². The molecule has 1 aliphatic carbocycles. The van der Waals surface area contributed by atoms with Gasteiger partial charge in [0, 0.05) is 11.8 Å². The van der Waals surface area contributed by atoms with E-state index in [-0.39, 0.29) is 30.1 Å². The number of aryl methyl sites for hydroxylation is 1. The molecule has 2 heterocycles. The molecule has 0 radical (unpaired) electrons. The molecule has 2 atom stereocenters. The van der Waals surface area contributed by atoms with Gasteiger partial charge < -0.3 is 10.6 Å². The van der Waals surface area contributed by atoms with E-state index in [1.807, 2.05) is 31.2 Å². The van der Waals surface area contributed by atoms with Crippen molar-refractivity contribution in [2.75, 3.05) is 10.6 Å². The Morgan fingerprint density at radius 1 is 0.821 bits per heavy atom. The SMILES string of the molecule is [C-]#[N+]c1ccc(CC(=O)Nc2nnc([C@H]3CCC[C@H](c4nnc(NC(=O)Cc5ccc(C)cc5)s4)C3)s2)cc1. The van der Waals surface area contributed by atoms with Gasteiger partial charge in [-0.15, -0.1) is 20.4 Å². The van der Waals surface area contributed by atoms with Crippen molar-refractivity contribution in [3.63, 3.8) is 0 Å². The second-order valence-corrected chi connectivity index (χ2v) is 11.7. The Balaban J connectivity index is 1.14. The van der Waals surface area contributed by atoms with Crippen LogP contribution in [0.5, 0.6) is 0 Å². The summed E-state index contributed by atoms with van der Waals surface area (Å²) in [7, 11) is 0. The molecule has 1 fully saturated rings. The van der Waals surface area contributed by atoms with Crippen LogP contribution in [0.4, 0.5) is 16.0 Å². The van der Waals surface area contributed by atoms with Crippen molar-refractivity contribution in [3.8, 4) is 0 Å². The minimum atomic E-state index is -0.166. The molecule has 1 saturated carbocycles. The van der Waals surface area contributed by atoms with E-state index in [1.165, 1.54) is 22.7 Å². The molecule has 9 nitrogen and oxygen atoms in total. The molecule has 0 bridgehead atoms. The average Bonchev–Trinajstić information content (AvgIpc) is 3.60. The summed E-state index contributed by atoms with van der Waals surface area (Å²) in [6.07, 6.45) is 4.43. The van der Waals surface area contributed by atoms with Gasteiger partial charge in [-0.25, -0.2) is 4.85 Å². The second kappa shape index (κ2) is 12.2. The zero-order valence-electron chi connectivity index (χ0n) is 21.4. The van der Waals surface area contributed by atoms with E-state index in [2.05, 4.69) is 35.9 Å². The first kappa shape index (κ1) is 26.6. The van der Waals surface area contributed by atoms with Gasteiger partial charge in [0.05, 0.1) is 19.4 Å². The van der Waals surface area contributed by atoms with Crippen molar-refractivity contribution in [2.24, 2.45) is 0 Å². The summed E-state index contributed by atoms with van der Waals surface area (Å²) in [6, 6.07) is 14.9. The van der Waals surface area contributed by atoms with Crippen LogP contribution in [-0.2, 0) is 22.4 Å². The molecule has 2 N–H and O–H groups in total. The standard InChI is InChI=1S/C28H27N7O2S2/c1-17-6-8-18(9-7-17)14-23(36)30-27-34-32-25(38-27)20-4-3-5-21(16-20)26-33-35-28(39-26)31-24(37)15-19-10-12-22(29-2)13-11-19/h6-13,20-21H,3-5,14-16H2,1H3,(H,30,34,36)(H,31,35,37)/t20-,21-/m0/s1. The number of nitrogens with zero attached hydrogens (tertiary/aromatic N) is 5. The molecule has 0 saturated heterocycles. The van der Waals surface area contributed by atoms with Crippen molar-refractivity contribution < 1.29 is 9.59 Å². The van der Waals surface area contributed by atoms with Crippen LogP contribution in [0, 0.1) is 13.5 Å². The average molecular weight is 558 g/mol. The number of hydrogen-bond acceptors (Lipinski definition) is 8. The molecule has 2 aromatic carbocycles. The van der Waals surface area contributed by atoms with E-state index in [0.29, 0.717) is 22.4 Å². The molecule has 0 aliphatic heterocycles. The summed E-state index contributed by atoms with van der Waals surface area (Å²) < 4.78 is 0. The third-order valence-electron chi connectivity index (χ3n) is 6.66. The molecule has 0 spiro atoms. The van der Waals surface area contributed by atoms with Crippen LogP contribution in [-0.4, -0.2) is 32.2 Å². The maximum absolute atomic E-state index is 12.5. The lowest BCUT2D eigenvalue weighted by Gasteiger charge is -2.25. The largest absolute Gasteiger partial charge is 0.300 e. The molecule has 0 unspecified atom stereocenters. The number of benzene rings is 2. The van der Waals surface area contributed by atoms with E-state index >= 15 is 0 Å². The predicted molar refractivity (Wildman–Crippen MR) is 152 cm³/mol. The highest BCUT2D eigenvalue weighted by Gasteiger charge is 2.29. The number of aromatic nitrogens is 4. The molecule has 5 rings (SSSR count). The van der Waals surface area contributed by atoms with Crippen LogP contribution in [0.25, 0.3) is 4.85 Å². The van der Waals surface area contributed by atoms with Crippen LogP contribution < -0.4 is 10.6 Å². The van der Waals surface area contributed by atoms with Gasteiger partial charge >= 0.3 is 0 Å². The summed E-state index contributed by atoms with van der Waals surface area (Å²) >= 11 is 2.85. The summed E-state index contributed by atoms with van der Waals surface area (Å²) in [6.45, 7) is 9.05. The van der Waals surface area contributed by atoms with Crippen LogP contribution in [0.3, 0.4) is 0 Å². The Morgan fingerprint density at radius 2 is 1.31 bits per heavy atom. The normalized spacial score (nSPS) is 16.8. The van der Waals surface area contributed by atoms with Crippen molar-refractivity contribution in [2.45, 2.75) is 57.3 Å². The molecular formula is C28H27N7O2S2. The van der Waals surface area contributed by atoms with Crippen molar-refractivity contribution in [3.05, 3.63) is 86.7 Å². The lowest BCUT2D eigenvalue weighted by molar-refractivity contribution is -0.116. The Labute approximate surface area is 234 Å². The lowest BCUT2D eigenvalue weighted by Crippen LogP contribution is -2.14. The van der Waals surface area contributed by atoms with Gasteiger partial charge in [0.1, 0.15) is 10.0 Å². The van der Waals surface area contributed by atoms with Crippen LogP contribution in [0.1, 0.15) is 64.2 Å². The monoisotopic (exact) mass is 557 g/mol. The van der Waals surface area contributed by atoms with Gasteiger partial charge in [-0.2, -0.15) is 0 Å². The fourth-order valence-electron chi connectivity index (χ4n) is 4.63. The maximum Gasteiger partial charge on any atom is 0.230 e. The zero-order chi connectivity index (χ0) is 27.2. The zero-order valence-corrected chi connectivity index (χ0v) is 23.0. The first-order valence-corrected chi connectivity index (χ1v) is 14.4. The van der Waals surface area contributed by atoms with E-state index in [1.54, 1.807) is 24.3 Å². The first-order valence-electron chi connectivity index (χ1n) is 12.7. The molecule has 4 aromatic rings. The minimum absolute atomic E-state index is 0.105. The highest BCUT2D eigenvalue weighted by atomic mass is 32.1.